The van der Waals surface area contributed by atoms with E-state index in [-0.39, 0.29) is 10.8 Å². The summed E-state index contributed by atoms with van der Waals surface area (Å²) >= 11 is 0. The number of fused-ring (bicyclic) bond motifs is 13. The van der Waals surface area contributed by atoms with Gasteiger partial charge in [-0.1, -0.05) is 228 Å². The highest BCUT2D eigenvalue weighted by Crippen LogP contribution is 2.54. The van der Waals surface area contributed by atoms with Crippen molar-refractivity contribution >= 4 is 78.0 Å². The molecule has 0 atom stereocenters. The van der Waals surface area contributed by atoms with Gasteiger partial charge in [0.05, 0.1) is 16.7 Å². The molecule has 3 heterocycles. The second kappa shape index (κ2) is 18.2. The van der Waals surface area contributed by atoms with Crippen LogP contribution in [0.1, 0.15) is 49.9 Å². The number of hydrogen-bond donors (Lipinski definition) is 0. The molecule has 0 fully saturated rings. The molecule has 0 radical (unpaired) electrons. The van der Waals surface area contributed by atoms with E-state index < -0.39 is 7.14 Å². The average Bonchev–Trinajstić information content (AvgIpc) is 1.86. The predicted octanol–water partition coefficient (Wildman–Crippen LogP) is 19.7. The lowest BCUT2D eigenvalue weighted by Crippen LogP contribution is -2.24. The summed E-state index contributed by atoms with van der Waals surface area (Å²) in [6.45, 7) is 9.31. The summed E-state index contributed by atoms with van der Waals surface area (Å²) < 4.78 is 31.0. The van der Waals surface area contributed by atoms with Crippen molar-refractivity contribution in [2.75, 3.05) is 0 Å². The number of nitrogens with zero attached hydrogens (tertiary/aromatic N) is 2. The number of aromatic nitrogens is 2. The lowest BCUT2D eigenvalue weighted by molar-refractivity contribution is 0.592. The third-order valence-electron chi connectivity index (χ3n) is 18.7. The molecule has 15 aromatic rings. The highest BCUT2D eigenvalue weighted by molar-refractivity contribution is 7.85. The summed E-state index contributed by atoms with van der Waals surface area (Å²) in [5.74, 6) is 0.875. The van der Waals surface area contributed by atoms with Gasteiger partial charge in [0.1, 0.15) is 28.2 Å². The van der Waals surface area contributed by atoms with E-state index >= 15 is 4.57 Å². The molecule has 404 valence electrons. The third kappa shape index (κ3) is 7.30. The van der Waals surface area contributed by atoms with Gasteiger partial charge in [-0.15, -0.1) is 0 Å². The van der Waals surface area contributed by atoms with Crippen LogP contribution in [0.15, 0.2) is 270 Å². The summed E-state index contributed by atoms with van der Waals surface area (Å²) in [4.78, 5) is 5.36. The Hall–Kier alpha value is -10.1. The molecule has 12 aromatic carbocycles. The fourth-order valence-electron chi connectivity index (χ4n) is 14.3. The summed E-state index contributed by atoms with van der Waals surface area (Å²) in [5.41, 5.74) is 24.0. The zero-order valence-electron chi connectivity index (χ0n) is 47.4. The maximum atomic E-state index is 15.2. The van der Waals surface area contributed by atoms with E-state index in [0.29, 0.717) is 0 Å². The Bertz CT molecular complexity index is 5270. The molecule has 2 aliphatic carbocycles. The summed E-state index contributed by atoms with van der Waals surface area (Å²) in [5, 5.41) is 6.86. The van der Waals surface area contributed by atoms with Crippen LogP contribution in [0, 0.1) is 0 Å². The van der Waals surface area contributed by atoms with Crippen LogP contribution in [0.25, 0.3) is 128 Å². The quantitative estimate of drug-likeness (QED) is 0.142. The lowest BCUT2D eigenvalue weighted by Gasteiger charge is -2.22. The molecule has 3 aromatic heterocycles. The molecule has 0 saturated heterocycles. The molecule has 17 rings (SSSR count). The molecule has 0 N–H and O–H groups in total. The molecule has 2 aliphatic rings. The van der Waals surface area contributed by atoms with E-state index in [2.05, 4.69) is 220 Å². The fourth-order valence-corrected chi connectivity index (χ4v) is 17.0. The van der Waals surface area contributed by atoms with E-state index in [4.69, 9.17) is 13.8 Å². The molecule has 0 aliphatic heterocycles. The van der Waals surface area contributed by atoms with Crippen molar-refractivity contribution < 1.29 is 13.4 Å². The first kappa shape index (κ1) is 49.5. The minimum Gasteiger partial charge on any atom is -0.456 e. The summed E-state index contributed by atoms with van der Waals surface area (Å²) in [7, 11) is -3.10. The van der Waals surface area contributed by atoms with E-state index in [1.807, 2.05) is 72.8 Å². The standard InChI is InChI=1S/C79H55N2O3P/c1-78(2)66-26-13-11-23-58(66)61-44-64-60-25-17-24-57(76(60)84-75(64)47-68(61)78)49-30-32-50(33-31-49)77-80-70-27-14-16-29-72(70)81(77)71-28-15-12-22-56(71)52-36-40-59-62-45-65-63-42-51(37-41-73(63)83-74(65)46-69(62)79(3,4)67(59)43-52)48-34-38-55(39-35-48)85(82,53-18-7-5-8-19-53)54-20-9-6-10-21-54/h5-47H,1-4H3. The monoisotopic (exact) mass is 1110 g/mol. The van der Waals surface area contributed by atoms with E-state index in [1.54, 1.807) is 0 Å². The van der Waals surface area contributed by atoms with Gasteiger partial charge in [-0.2, -0.15) is 0 Å². The molecule has 0 unspecified atom stereocenters. The van der Waals surface area contributed by atoms with E-state index in [1.165, 1.54) is 44.5 Å². The first-order valence-electron chi connectivity index (χ1n) is 29.3. The molecule has 0 spiro atoms. The fraction of sp³-hybridized carbons (Fsp3) is 0.0759. The van der Waals surface area contributed by atoms with Gasteiger partial charge < -0.3 is 13.4 Å². The minimum absolute atomic E-state index is 0.111. The first-order chi connectivity index (χ1) is 41.5. The Labute approximate surface area is 492 Å². The van der Waals surface area contributed by atoms with E-state index in [9.17, 15) is 0 Å². The minimum atomic E-state index is -3.10. The molecule has 0 amide bonds. The van der Waals surface area contributed by atoms with Crippen LogP contribution in [-0.2, 0) is 15.4 Å². The predicted molar refractivity (Wildman–Crippen MR) is 352 cm³/mol. The maximum absolute atomic E-state index is 15.2. The highest BCUT2D eigenvalue weighted by Gasteiger charge is 2.38. The zero-order chi connectivity index (χ0) is 56.9. The van der Waals surface area contributed by atoms with Gasteiger partial charge in [-0.05, 0) is 127 Å². The average molecular weight is 1110 g/mol. The first-order valence-corrected chi connectivity index (χ1v) is 31.0. The van der Waals surface area contributed by atoms with Crippen molar-refractivity contribution in [2.45, 2.75) is 38.5 Å². The smallest absolute Gasteiger partial charge is 0.171 e. The molecule has 6 heteroatoms. The number of hydrogen-bond acceptors (Lipinski definition) is 4. The van der Waals surface area contributed by atoms with Crippen LogP contribution in [0.3, 0.4) is 0 Å². The molecule has 0 saturated carbocycles. The van der Waals surface area contributed by atoms with Gasteiger partial charge >= 0.3 is 0 Å². The number of para-hydroxylation sites is 4. The van der Waals surface area contributed by atoms with Crippen LogP contribution < -0.4 is 15.9 Å². The van der Waals surface area contributed by atoms with Gasteiger partial charge in [-0.3, -0.25) is 4.57 Å². The zero-order valence-corrected chi connectivity index (χ0v) is 48.3. The molecular weight excluding hydrogens is 1060 g/mol. The molecule has 0 bridgehead atoms. The van der Waals surface area contributed by atoms with Gasteiger partial charge in [0.15, 0.2) is 7.14 Å². The van der Waals surface area contributed by atoms with Gasteiger partial charge in [-0.25, -0.2) is 4.98 Å². The van der Waals surface area contributed by atoms with Crippen LogP contribution in [0.4, 0.5) is 0 Å². The number of rotatable bonds is 8. The van der Waals surface area contributed by atoms with Gasteiger partial charge in [0, 0.05) is 65.0 Å². The van der Waals surface area contributed by atoms with Crippen LogP contribution in [0.2, 0.25) is 0 Å². The SMILES string of the molecule is CC1(C)c2cc(-c3ccccc3-n3c(-c4ccc(-c5cccc6c5oc5cc7c(cc56)-c5ccccc5C7(C)C)cc4)nc4ccccc43)ccc2-c2cc3c(cc21)oc1ccc(-c2ccc(P(=O)(c4ccccc4)c4ccccc4)cc2)cc13. The van der Waals surface area contributed by atoms with Crippen LogP contribution in [-0.4, -0.2) is 9.55 Å². The van der Waals surface area contributed by atoms with E-state index in [0.717, 1.165) is 121 Å². The van der Waals surface area contributed by atoms with Gasteiger partial charge in [0.2, 0.25) is 0 Å². The largest absolute Gasteiger partial charge is 0.456 e. The molecule has 5 nitrogen and oxygen atoms in total. The maximum Gasteiger partial charge on any atom is 0.171 e. The summed E-state index contributed by atoms with van der Waals surface area (Å²) in [6.07, 6.45) is 0. The van der Waals surface area contributed by atoms with Crippen molar-refractivity contribution in [1.82, 2.24) is 9.55 Å². The van der Waals surface area contributed by atoms with Crippen molar-refractivity contribution in [1.29, 1.82) is 0 Å². The Morgan fingerprint density at radius 2 is 0.882 bits per heavy atom. The second-order valence-electron chi connectivity index (χ2n) is 24.1. The Morgan fingerprint density at radius 1 is 0.353 bits per heavy atom. The summed E-state index contributed by atoms with van der Waals surface area (Å²) in [6, 6.07) is 92.0. The lowest BCUT2D eigenvalue weighted by atomic mass is 9.81. The number of furan rings is 2. The van der Waals surface area contributed by atoms with Crippen LogP contribution >= 0.6 is 7.14 Å². The van der Waals surface area contributed by atoms with Crippen molar-refractivity contribution in [3.8, 4) is 72.7 Å². The highest BCUT2D eigenvalue weighted by atomic mass is 31.2. The topological polar surface area (TPSA) is 61.2 Å². The second-order valence-corrected chi connectivity index (χ2v) is 26.9. The molecular formula is C79H55N2O3P. The number of imidazole rings is 1. The van der Waals surface area contributed by atoms with Crippen molar-refractivity contribution in [3.63, 3.8) is 0 Å². The Balaban J connectivity index is 0.712. The normalized spacial score (nSPS) is 13.9. The van der Waals surface area contributed by atoms with Crippen LogP contribution in [0.5, 0.6) is 0 Å². The van der Waals surface area contributed by atoms with Crippen molar-refractivity contribution in [2.24, 2.45) is 0 Å². The Morgan fingerprint density at radius 3 is 1.62 bits per heavy atom. The molecule has 85 heavy (non-hydrogen) atoms. The van der Waals surface area contributed by atoms with Crippen molar-refractivity contribution in [3.05, 3.63) is 283 Å². The third-order valence-corrected chi connectivity index (χ3v) is 21.8. The van der Waals surface area contributed by atoms with Gasteiger partial charge in [0.25, 0.3) is 0 Å². The number of benzene rings is 12. The Kier molecular flexibility index (Phi) is 10.6.